The van der Waals surface area contributed by atoms with Crippen LogP contribution in [0.2, 0.25) is 0 Å². The molecular formula is C20H25NO. The molecule has 1 aliphatic heterocycles. The Balaban J connectivity index is 1.71. The number of ether oxygens (including phenoxy) is 1. The number of rotatable bonds is 3. The lowest BCUT2D eigenvalue weighted by molar-refractivity contribution is 0.0611. The average Bonchev–Trinajstić information content (AvgIpc) is 2.95. The molecule has 2 heteroatoms. The molecule has 2 heterocycles. The summed E-state index contributed by atoms with van der Waals surface area (Å²) in [5.74, 6) is 0.773. The molecular weight excluding hydrogens is 270 g/mol. The fourth-order valence-electron chi connectivity index (χ4n) is 4.01. The summed E-state index contributed by atoms with van der Waals surface area (Å²) in [5, 5.41) is 0. The van der Waals surface area contributed by atoms with E-state index in [0.717, 1.165) is 19.1 Å². The largest absolute Gasteiger partial charge is 0.381 e. The van der Waals surface area contributed by atoms with E-state index in [1.165, 1.54) is 56.3 Å². The van der Waals surface area contributed by atoms with Gasteiger partial charge in [0.05, 0.1) is 0 Å². The second-order valence-corrected chi connectivity index (χ2v) is 6.74. The molecule has 0 spiro atoms. The maximum absolute atomic E-state index is 5.54. The highest BCUT2D eigenvalue weighted by Gasteiger charge is 2.22. The predicted octanol–water partition coefficient (Wildman–Crippen LogP) is 4.46. The van der Waals surface area contributed by atoms with Gasteiger partial charge in [0.2, 0.25) is 0 Å². The molecule has 2 aromatic rings. The van der Waals surface area contributed by atoms with Gasteiger partial charge in [0.1, 0.15) is 0 Å². The predicted molar refractivity (Wildman–Crippen MR) is 90.1 cm³/mol. The summed E-state index contributed by atoms with van der Waals surface area (Å²) >= 11 is 0. The topological polar surface area (TPSA) is 14.2 Å². The Morgan fingerprint density at radius 2 is 1.77 bits per heavy atom. The molecule has 0 amide bonds. The van der Waals surface area contributed by atoms with Crippen LogP contribution in [0.3, 0.4) is 0 Å². The number of aryl methyl sites for hydroxylation is 1. The maximum atomic E-state index is 5.54. The molecule has 1 saturated heterocycles. The van der Waals surface area contributed by atoms with Crippen LogP contribution in [0.15, 0.2) is 36.4 Å². The van der Waals surface area contributed by atoms with Crippen LogP contribution < -0.4 is 0 Å². The van der Waals surface area contributed by atoms with Crippen molar-refractivity contribution >= 4 is 0 Å². The third-order valence-corrected chi connectivity index (χ3v) is 5.26. The number of hydrogen-bond donors (Lipinski definition) is 0. The standard InChI is InChI=1S/C20H25NO/c1-2-6-17(7-3-1)20-14-18-8-4-5-9-19(18)21(20)15-16-10-12-22-13-11-16/h1-3,6-7,14,16H,4-5,8-13,15H2. The SMILES string of the molecule is c1ccc(-c2cc3c(n2CC2CCOCC2)CCCC3)cc1. The number of nitrogens with zero attached hydrogens (tertiary/aromatic N) is 1. The van der Waals surface area contributed by atoms with E-state index in [4.69, 9.17) is 4.74 Å². The van der Waals surface area contributed by atoms with Crippen molar-refractivity contribution in [3.8, 4) is 11.3 Å². The first-order chi connectivity index (χ1) is 10.9. The van der Waals surface area contributed by atoms with Crippen molar-refractivity contribution in [2.45, 2.75) is 45.1 Å². The van der Waals surface area contributed by atoms with Crippen LogP contribution in [0.25, 0.3) is 11.3 Å². The van der Waals surface area contributed by atoms with Crippen molar-refractivity contribution in [3.05, 3.63) is 47.7 Å². The van der Waals surface area contributed by atoms with Gasteiger partial charge in [-0.2, -0.15) is 0 Å². The van der Waals surface area contributed by atoms with Crippen LogP contribution in [0.4, 0.5) is 0 Å². The van der Waals surface area contributed by atoms with E-state index in [1.807, 2.05) is 0 Å². The van der Waals surface area contributed by atoms with E-state index in [0.29, 0.717) is 0 Å². The summed E-state index contributed by atoms with van der Waals surface area (Å²) in [6, 6.07) is 13.4. The average molecular weight is 295 g/mol. The quantitative estimate of drug-likeness (QED) is 0.815. The van der Waals surface area contributed by atoms with E-state index in [9.17, 15) is 0 Å². The normalized spacial score (nSPS) is 19.1. The molecule has 22 heavy (non-hydrogen) atoms. The van der Waals surface area contributed by atoms with Crippen LogP contribution in [0.5, 0.6) is 0 Å². The van der Waals surface area contributed by atoms with Crippen molar-refractivity contribution in [3.63, 3.8) is 0 Å². The van der Waals surface area contributed by atoms with E-state index in [2.05, 4.69) is 41.0 Å². The van der Waals surface area contributed by atoms with Crippen molar-refractivity contribution in [1.82, 2.24) is 4.57 Å². The molecule has 1 aromatic heterocycles. The van der Waals surface area contributed by atoms with Gasteiger partial charge in [-0.1, -0.05) is 30.3 Å². The summed E-state index contributed by atoms with van der Waals surface area (Å²) in [4.78, 5) is 0. The third-order valence-electron chi connectivity index (χ3n) is 5.26. The van der Waals surface area contributed by atoms with Crippen LogP contribution in [-0.2, 0) is 24.1 Å². The Kier molecular flexibility index (Phi) is 4.03. The lowest BCUT2D eigenvalue weighted by Gasteiger charge is -2.26. The summed E-state index contributed by atoms with van der Waals surface area (Å²) in [5.41, 5.74) is 6.00. The molecule has 2 nitrogen and oxygen atoms in total. The van der Waals surface area contributed by atoms with Crippen LogP contribution >= 0.6 is 0 Å². The van der Waals surface area contributed by atoms with E-state index in [1.54, 1.807) is 11.3 Å². The first-order valence-electron chi connectivity index (χ1n) is 8.76. The van der Waals surface area contributed by atoms with Crippen LogP contribution in [0, 0.1) is 5.92 Å². The van der Waals surface area contributed by atoms with Crippen LogP contribution in [-0.4, -0.2) is 17.8 Å². The van der Waals surface area contributed by atoms with Gasteiger partial charge in [0.15, 0.2) is 0 Å². The number of fused-ring (bicyclic) bond motifs is 1. The zero-order chi connectivity index (χ0) is 14.8. The zero-order valence-corrected chi connectivity index (χ0v) is 13.3. The van der Waals surface area contributed by atoms with Gasteiger partial charge >= 0.3 is 0 Å². The molecule has 116 valence electrons. The van der Waals surface area contributed by atoms with Gasteiger partial charge < -0.3 is 9.30 Å². The fourth-order valence-corrected chi connectivity index (χ4v) is 4.01. The Morgan fingerprint density at radius 3 is 2.59 bits per heavy atom. The molecule has 4 rings (SSSR count). The Morgan fingerprint density at radius 1 is 1.00 bits per heavy atom. The van der Waals surface area contributed by atoms with Gasteiger partial charge in [0, 0.05) is 31.1 Å². The zero-order valence-electron chi connectivity index (χ0n) is 13.3. The van der Waals surface area contributed by atoms with E-state index < -0.39 is 0 Å². The second-order valence-electron chi connectivity index (χ2n) is 6.74. The van der Waals surface area contributed by atoms with Crippen molar-refractivity contribution in [2.24, 2.45) is 5.92 Å². The minimum atomic E-state index is 0.773. The molecule has 0 unspecified atom stereocenters. The molecule has 0 N–H and O–H groups in total. The summed E-state index contributed by atoms with van der Waals surface area (Å²) in [6.45, 7) is 3.05. The summed E-state index contributed by atoms with van der Waals surface area (Å²) < 4.78 is 8.18. The second kappa shape index (κ2) is 6.29. The van der Waals surface area contributed by atoms with Gasteiger partial charge in [-0.05, 0) is 61.6 Å². The summed E-state index contributed by atoms with van der Waals surface area (Å²) in [6.07, 6.45) is 7.63. The highest BCUT2D eigenvalue weighted by molar-refractivity contribution is 5.62. The Labute approximate surface area is 133 Å². The monoisotopic (exact) mass is 295 g/mol. The van der Waals surface area contributed by atoms with Gasteiger partial charge in [0.25, 0.3) is 0 Å². The molecule has 1 aliphatic carbocycles. The van der Waals surface area contributed by atoms with Gasteiger partial charge in [-0.25, -0.2) is 0 Å². The lowest BCUT2D eigenvalue weighted by atomic mass is 9.97. The Hall–Kier alpha value is -1.54. The molecule has 1 aromatic carbocycles. The molecule has 1 fully saturated rings. The number of hydrogen-bond acceptors (Lipinski definition) is 1. The van der Waals surface area contributed by atoms with Gasteiger partial charge in [-0.3, -0.25) is 0 Å². The molecule has 0 radical (unpaired) electrons. The van der Waals surface area contributed by atoms with Crippen LogP contribution in [0.1, 0.15) is 36.9 Å². The van der Waals surface area contributed by atoms with Gasteiger partial charge in [-0.15, -0.1) is 0 Å². The highest BCUT2D eigenvalue weighted by atomic mass is 16.5. The minimum Gasteiger partial charge on any atom is -0.381 e. The maximum Gasteiger partial charge on any atom is 0.0485 e. The van der Waals surface area contributed by atoms with E-state index in [-0.39, 0.29) is 0 Å². The number of benzene rings is 1. The Bertz CT molecular complexity index is 623. The third kappa shape index (κ3) is 2.72. The first kappa shape index (κ1) is 14.1. The molecule has 2 aliphatic rings. The molecule has 0 atom stereocenters. The summed E-state index contributed by atoms with van der Waals surface area (Å²) in [7, 11) is 0. The van der Waals surface area contributed by atoms with E-state index >= 15 is 0 Å². The van der Waals surface area contributed by atoms with Crippen molar-refractivity contribution in [2.75, 3.05) is 13.2 Å². The fraction of sp³-hybridized carbons (Fsp3) is 0.500. The molecule has 0 saturated carbocycles. The lowest BCUT2D eigenvalue weighted by Crippen LogP contribution is -2.22. The molecule has 0 bridgehead atoms. The minimum absolute atomic E-state index is 0.773. The first-order valence-corrected chi connectivity index (χ1v) is 8.76. The smallest absolute Gasteiger partial charge is 0.0485 e. The highest BCUT2D eigenvalue weighted by Crippen LogP contribution is 2.33. The van der Waals surface area contributed by atoms with Crippen molar-refractivity contribution in [1.29, 1.82) is 0 Å². The number of aromatic nitrogens is 1. The van der Waals surface area contributed by atoms with Crippen molar-refractivity contribution < 1.29 is 4.74 Å².